The molecule has 2 N–H and O–H groups in total. The molecule has 96 valence electrons. The van der Waals surface area contributed by atoms with E-state index < -0.39 is 11.5 Å². The van der Waals surface area contributed by atoms with Crippen LogP contribution in [0, 0.1) is 0 Å². The van der Waals surface area contributed by atoms with E-state index in [-0.39, 0.29) is 5.60 Å². The maximum Gasteiger partial charge on any atom is 0.323 e. The van der Waals surface area contributed by atoms with Crippen LogP contribution in [0.4, 0.5) is 0 Å². The number of carboxylic acids is 1. The van der Waals surface area contributed by atoms with Gasteiger partial charge in [-0.3, -0.25) is 4.79 Å². The van der Waals surface area contributed by atoms with Gasteiger partial charge in [-0.2, -0.15) is 0 Å². The molecule has 0 saturated heterocycles. The second kappa shape index (κ2) is 6.21. The van der Waals surface area contributed by atoms with Gasteiger partial charge in [0.1, 0.15) is 5.54 Å². The molecule has 0 aromatic rings. The van der Waals surface area contributed by atoms with Gasteiger partial charge in [0, 0.05) is 7.11 Å². The monoisotopic (exact) mass is 231 g/mol. The van der Waals surface area contributed by atoms with Gasteiger partial charge >= 0.3 is 5.97 Å². The van der Waals surface area contributed by atoms with Crippen LogP contribution in [0.25, 0.3) is 0 Å². The van der Waals surface area contributed by atoms with E-state index in [0.717, 1.165) is 12.8 Å². The number of carbonyl (C=O) groups is 1. The molecule has 0 aliphatic heterocycles. The largest absolute Gasteiger partial charge is 0.480 e. The lowest BCUT2D eigenvalue weighted by Gasteiger charge is -2.29. The van der Waals surface area contributed by atoms with E-state index in [9.17, 15) is 4.79 Å². The van der Waals surface area contributed by atoms with Crippen molar-refractivity contribution in [1.82, 2.24) is 5.32 Å². The first-order chi connectivity index (χ1) is 7.27. The standard InChI is InChI=1S/C12H25NO3/c1-6-7-12(4,10(14)15)13-9-8-11(2,3)16-5/h13H,6-9H2,1-5H3,(H,14,15). The average Bonchev–Trinajstić information content (AvgIpc) is 2.17. The second-order valence-corrected chi connectivity index (χ2v) is 5.03. The van der Waals surface area contributed by atoms with Crippen LogP contribution in [0.2, 0.25) is 0 Å². The maximum atomic E-state index is 11.1. The summed E-state index contributed by atoms with van der Waals surface area (Å²) in [5, 5.41) is 12.3. The molecule has 0 saturated carbocycles. The van der Waals surface area contributed by atoms with Crippen molar-refractivity contribution in [3.05, 3.63) is 0 Å². The highest BCUT2D eigenvalue weighted by molar-refractivity contribution is 5.78. The zero-order chi connectivity index (χ0) is 12.8. The SMILES string of the molecule is CCCC(C)(NCCC(C)(C)OC)C(=O)O. The molecule has 0 spiro atoms. The second-order valence-electron chi connectivity index (χ2n) is 5.03. The van der Waals surface area contributed by atoms with Crippen molar-refractivity contribution in [2.24, 2.45) is 0 Å². The minimum Gasteiger partial charge on any atom is -0.480 e. The molecule has 16 heavy (non-hydrogen) atoms. The van der Waals surface area contributed by atoms with Crippen molar-refractivity contribution in [2.45, 2.75) is 58.1 Å². The first kappa shape index (κ1) is 15.4. The third-order valence-corrected chi connectivity index (χ3v) is 3.02. The summed E-state index contributed by atoms with van der Waals surface area (Å²) in [4.78, 5) is 11.1. The number of ether oxygens (including phenoxy) is 1. The fraction of sp³-hybridized carbons (Fsp3) is 0.917. The van der Waals surface area contributed by atoms with Gasteiger partial charge in [-0.15, -0.1) is 0 Å². The lowest BCUT2D eigenvalue weighted by molar-refractivity contribution is -0.144. The number of hydrogen-bond donors (Lipinski definition) is 2. The zero-order valence-corrected chi connectivity index (χ0v) is 11.1. The number of hydrogen-bond acceptors (Lipinski definition) is 3. The summed E-state index contributed by atoms with van der Waals surface area (Å²) >= 11 is 0. The van der Waals surface area contributed by atoms with Crippen LogP contribution < -0.4 is 5.32 Å². The highest BCUT2D eigenvalue weighted by atomic mass is 16.5. The van der Waals surface area contributed by atoms with Crippen molar-refractivity contribution in [3.63, 3.8) is 0 Å². The molecule has 0 amide bonds. The number of methoxy groups -OCH3 is 1. The Hall–Kier alpha value is -0.610. The van der Waals surface area contributed by atoms with Gasteiger partial charge in [-0.1, -0.05) is 13.3 Å². The zero-order valence-electron chi connectivity index (χ0n) is 11.1. The van der Waals surface area contributed by atoms with E-state index >= 15 is 0 Å². The molecule has 1 unspecified atom stereocenters. The summed E-state index contributed by atoms with van der Waals surface area (Å²) in [7, 11) is 1.67. The molecule has 4 heteroatoms. The predicted octanol–water partition coefficient (Wildman–Crippen LogP) is 2.03. The molecule has 0 fully saturated rings. The van der Waals surface area contributed by atoms with Crippen LogP contribution in [0.15, 0.2) is 0 Å². The molecule has 0 aliphatic carbocycles. The lowest BCUT2D eigenvalue weighted by Crippen LogP contribution is -2.50. The predicted molar refractivity (Wildman–Crippen MR) is 64.7 cm³/mol. The molecule has 0 rings (SSSR count). The highest BCUT2D eigenvalue weighted by Gasteiger charge is 2.31. The molecule has 0 heterocycles. The minimum atomic E-state index is -0.821. The van der Waals surface area contributed by atoms with Crippen LogP contribution >= 0.6 is 0 Å². The molecule has 0 radical (unpaired) electrons. The Morgan fingerprint density at radius 2 is 1.88 bits per heavy atom. The summed E-state index contributed by atoms with van der Waals surface area (Å²) in [6, 6.07) is 0. The first-order valence-electron chi connectivity index (χ1n) is 5.81. The third kappa shape index (κ3) is 4.94. The van der Waals surface area contributed by atoms with Gasteiger partial charge in [-0.05, 0) is 40.2 Å². The van der Waals surface area contributed by atoms with Crippen molar-refractivity contribution in [3.8, 4) is 0 Å². The molecule has 1 atom stereocenters. The summed E-state index contributed by atoms with van der Waals surface area (Å²) in [6.45, 7) is 8.35. The van der Waals surface area contributed by atoms with Gasteiger partial charge in [0.25, 0.3) is 0 Å². The Kier molecular flexibility index (Phi) is 5.97. The normalized spacial score (nSPS) is 15.8. The molecular weight excluding hydrogens is 206 g/mol. The van der Waals surface area contributed by atoms with Gasteiger partial charge in [0.2, 0.25) is 0 Å². The summed E-state index contributed by atoms with van der Waals surface area (Å²) < 4.78 is 5.29. The van der Waals surface area contributed by atoms with Crippen LogP contribution in [-0.4, -0.2) is 35.9 Å². The Bertz CT molecular complexity index is 228. The molecule has 0 aromatic heterocycles. The van der Waals surface area contributed by atoms with Gasteiger partial charge < -0.3 is 15.2 Å². The fourth-order valence-electron chi connectivity index (χ4n) is 1.51. The Labute approximate surface area is 98.4 Å². The van der Waals surface area contributed by atoms with Crippen LogP contribution in [0.5, 0.6) is 0 Å². The summed E-state index contributed by atoms with van der Waals surface area (Å²) in [6.07, 6.45) is 2.27. The van der Waals surface area contributed by atoms with Crippen molar-refractivity contribution < 1.29 is 14.6 Å². The Morgan fingerprint density at radius 3 is 2.25 bits per heavy atom. The van der Waals surface area contributed by atoms with Crippen LogP contribution in [0.1, 0.15) is 47.0 Å². The molecule has 0 aliphatic rings. The van der Waals surface area contributed by atoms with Crippen molar-refractivity contribution in [2.75, 3.05) is 13.7 Å². The van der Waals surface area contributed by atoms with Crippen LogP contribution in [-0.2, 0) is 9.53 Å². The van der Waals surface area contributed by atoms with Gasteiger partial charge in [0.05, 0.1) is 5.60 Å². The van der Waals surface area contributed by atoms with E-state index in [1.807, 2.05) is 20.8 Å². The van der Waals surface area contributed by atoms with E-state index in [4.69, 9.17) is 9.84 Å². The summed E-state index contributed by atoms with van der Waals surface area (Å²) in [5.41, 5.74) is -1.03. The lowest BCUT2D eigenvalue weighted by atomic mass is 9.95. The highest BCUT2D eigenvalue weighted by Crippen LogP contribution is 2.15. The van der Waals surface area contributed by atoms with Crippen molar-refractivity contribution in [1.29, 1.82) is 0 Å². The van der Waals surface area contributed by atoms with E-state index in [2.05, 4.69) is 5.32 Å². The number of aliphatic carboxylic acids is 1. The topological polar surface area (TPSA) is 58.6 Å². The molecule has 0 bridgehead atoms. The third-order valence-electron chi connectivity index (χ3n) is 3.02. The van der Waals surface area contributed by atoms with E-state index in [1.54, 1.807) is 14.0 Å². The quantitative estimate of drug-likeness (QED) is 0.671. The van der Waals surface area contributed by atoms with Gasteiger partial charge in [-0.25, -0.2) is 0 Å². The van der Waals surface area contributed by atoms with Gasteiger partial charge in [0.15, 0.2) is 0 Å². The summed E-state index contributed by atoms with van der Waals surface area (Å²) in [5.74, 6) is -0.787. The molecule has 4 nitrogen and oxygen atoms in total. The molecular formula is C12H25NO3. The average molecular weight is 231 g/mol. The maximum absolute atomic E-state index is 11.1. The Balaban J connectivity index is 4.19. The number of carboxylic acid groups (broad SMARTS) is 1. The fourth-order valence-corrected chi connectivity index (χ4v) is 1.51. The first-order valence-corrected chi connectivity index (χ1v) is 5.81. The van der Waals surface area contributed by atoms with Crippen LogP contribution in [0.3, 0.4) is 0 Å². The molecule has 0 aromatic carbocycles. The smallest absolute Gasteiger partial charge is 0.323 e. The minimum absolute atomic E-state index is 0.210. The van der Waals surface area contributed by atoms with Crippen molar-refractivity contribution >= 4 is 5.97 Å². The number of nitrogens with one attached hydrogen (secondary N) is 1. The number of rotatable bonds is 8. The van der Waals surface area contributed by atoms with E-state index in [1.165, 1.54) is 0 Å². The van der Waals surface area contributed by atoms with E-state index in [0.29, 0.717) is 13.0 Å². The Morgan fingerprint density at radius 1 is 1.31 bits per heavy atom.